The molecule has 0 spiro atoms. The Morgan fingerprint density at radius 2 is 1.73 bits per heavy atom. The van der Waals surface area contributed by atoms with Crippen molar-refractivity contribution in [1.29, 1.82) is 0 Å². The third-order valence-electron chi connectivity index (χ3n) is 7.22. The molecule has 2 N–H and O–H groups in total. The van der Waals surface area contributed by atoms with Crippen molar-refractivity contribution in [3.05, 3.63) is 59.9 Å². The van der Waals surface area contributed by atoms with Crippen LogP contribution in [0.4, 0.5) is 10.1 Å². The molecule has 2 saturated heterocycles. The fraction of sp³-hybridized carbons (Fsp3) is 0.536. The molecular weight excluding hydrogens is 477 g/mol. The number of carbonyl (C=O) groups excluding carboxylic acids is 1. The van der Waals surface area contributed by atoms with Crippen molar-refractivity contribution in [2.24, 2.45) is 0 Å². The molecule has 0 aliphatic carbocycles. The Bertz CT molecular complexity index is 1040. The lowest BCUT2D eigenvalue weighted by atomic mass is 9.90. The van der Waals surface area contributed by atoms with E-state index in [9.17, 15) is 19.4 Å². The van der Waals surface area contributed by atoms with Gasteiger partial charge in [-0.3, -0.25) is 9.69 Å². The Balaban J connectivity index is 1.42. The number of hydrogen-bond donors (Lipinski definition) is 2. The minimum atomic E-state index is -1.41. The average molecular weight is 516 g/mol. The summed E-state index contributed by atoms with van der Waals surface area (Å²) in [6, 6.07) is 14.2. The zero-order chi connectivity index (χ0) is 26.5. The molecule has 202 valence electrons. The van der Waals surface area contributed by atoms with Crippen LogP contribution < -0.4 is 9.64 Å². The van der Waals surface area contributed by atoms with Crippen LogP contribution in [0.2, 0.25) is 0 Å². The van der Waals surface area contributed by atoms with Gasteiger partial charge in [0, 0.05) is 58.1 Å². The van der Waals surface area contributed by atoms with E-state index in [0.717, 1.165) is 18.8 Å². The first-order chi connectivity index (χ1) is 17.7. The quantitative estimate of drug-likeness (QED) is 0.557. The number of halogens is 1. The molecule has 1 unspecified atom stereocenters. The molecule has 0 radical (unpaired) electrons. The number of amides is 1. The fourth-order valence-electron chi connectivity index (χ4n) is 5.18. The molecule has 0 bridgehead atoms. The Hall–Kier alpha value is -2.72. The summed E-state index contributed by atoms with van der Waals surface area (Å²) in [7, 11) is 1.46. The van der Waals surface area contributed by atoms with Crippen LogP contribution in [0.1, 0.15) is 18.4 Å². The maximum Gasteiger partial charge on any atom is 0.248 e. The molecule has 2 heterocycles. The van der Waals surface area contributed by atoms with E-state index in [1.807, 2.05) is 4.90 Å². The van der Waals surface area contributed by atoms with Gasteiger partial charge in [-0.1, -0.05) is 23.8 Å². The highest BCUT2D eigenvalue weighted by molar-refractivity contribution is 5.77. The first-order valence-corrected chi connectivity index (χ1v) is 12.8. The molecule has 4 rings (SSSR count). The van der Waals surface area contributed by atoms with E-state index < -0.39 is 17.0 Å². The summed E-state index contributed by atoms with van der Waals surface area (Å²) >= 11 is 0. The first kappa shape index (κ1) is 27.3. The number of anilines is 1. The SMILES string of the molecule is COCC(=O)N1CCN(CC2(O)CCN(c3ccc(C)cc3)CC2)CC(O)(COc2cccc(F)c2)C1. The van der Waals surface area contributed by atoms with Crippen LogP contribution in [0.15, 0.2) is 48.5 Å². The van der Waals surface area contributed by atoms with E-state index in [0.29, 0.717) is 38.2 Å². The molecule has 37 heavy (non-hydrogen) atoms. The van der Waals surface area contributed by atoms with Crippen LogP contribution in [0.25, 0.3) is 0 Å². The summed E-state index contributed by atoms with van der Waals surface area (Å²) in [5, 5.41) is 23.1. The van der Waals surface area contributed by atoms with Gasteiger partial charge >= 0.3 is 0 Å². The number of benzene rings is 2. The summed E-state index contributed by atoms with van der Waals surface area (Å²) in [4.78, 5) is 18.5. The number of methoxy groups -OCH3 is 1. The standard InChI is InChI=1S/C28H38FN3O5/c1-22-6-8-24(9-7-22)31-12-10-27(34,11-13-31)18-30-14-15-32(26(33)17-36-2)20-28(35,19-30)21-37-25-5-3-4-23(29)16-25/h3-9,16,34-35H,10-15,17-21H2,1-2H3. The molecule has 8 nitrogen and oxygen atoms in total. The maximum absolute atomic E-state index is 13.6. The molecule has 0 aromatic heterocycles. The zero-order valence-corrected chi connectivity index (χ0v) is 21.7. The normalized spacial score (nSPS) is 22.5. The van der Waals surface area contributed by atoms with Gasteiger partial charge in [0.1, 0.15) is 30.4 Å². The molecule has 2 aromatic carbocycles. The number of rotatable bonds is 8. The van der Waals surface area contributed by atoms with Gasteiger partial charge in [-0.2, -0.15) is 0 Å². The van der Waals surface area contributed by atoms with Crippen LogP contribution in [-0.4, -0.2) is 103 Å². The molecule has 2 aliphatic heterocycles. The molecule has 9 heteroatoms. The van der Waals surface area contributed by atoms with Crippen molar-refractivity contribution in [3.8, 4) is 5.75 Å². The van der Waals surface area contributed by atoms with Crippen LogP contribution in [-0.2, 0) is 9.53 Å². The Morgan fingerprint density at radius 1 is 1.00 bits per heavy atom. The van der Waals surface area contributed by atoms with Crippen LogP contribution in [0.5, 0.6) is 5.75 Å². The third-order valence-corrected chi connectivity index (χ3v) is 7.22. The summed E-state index contributed by atoms with van der Waals surface area (Å²) in [6.07, 6.45) is 1.20. The first-order valence-electron chi connectivity index (χ1n) is 12.8. The highest BCUT2D eigenvalue weighted by atomic mass is 19.1. The molecule has 2 fully saturated rings. The van der Waals surface area contributed by atoms with E-state index in [1.165, 1.54) is 24.8 Å². The topological polar surface area (TPSA) is 85.7 Å². The van der Waals surface area contributed by atoms with Crippen molar-refractivity contribution >= 4 is 11.6 Å². The highest BCUT2D eigenvalue weighted by Crippen LogP contribution is 2.29. The van der Waals surface area contributed by atoms with E-state index >= 15 is 0 Å². The Labute approximate surface area is 218 Å². The number of hydrogen-bond acceptors (Lipinski definition) is 7. The minimum Gasteiger partial charge on any atom is -0.490 e. The number of aliphatic hydroxyl groups is 2. The van der Waals surface area contributed by atoms with Gasteiger partial charge in [0.25, 0.3) is 0 Å². The average Bonchev–Trinajstić information content (AvgIpc) is 3.03. The third kappa shape index (κ3) is 7.41. The van der Waals surface area contributed by atoms with Gasteiger partial charge in [0.15, 0.2) is 0 Å². The monoisotopic (exact) mass is 515 g/mol. The van der Waals surface area contributed by atoms with Crippen molar-refractivity contribution in [1.82, 2.24) is 9.80 Å². The molecule has 2 aromatic rings. The Morgan fingerprint density at radius 3 is 2.41 bits per heavy atom. The van der Waals surface area contributed by atoms with Crippen LogP contribution in [0, 0.1) is 12.7 Å². The smallest absolute Gasteiger partial charge is 0.248 e. The van der Waals surface area contributed by atoms with Gasteiger partial charge < -0.3 is 29.5 Å². The Kier molecular flexibility index (Phi) is 8.69. The molecule has 1 atom stereocenters. The number of aryl methyl sites for hydroxylation is 1. The molecule has 2 aliphatic rings. The van der Waals surface area contributed by atoms with Crippen LogP contribution >= 0.6 is 0 Å². The van der Waals surface area contributed by atoms with Gasteiger partial charge in [-0.25, -0.2) is 4.39 Å². The van der Waals surface area contributed by atoms with Crippen molar-refractivity contribution in [3.63, 3.8) is 0 Å². The summed E-state index contributed by atoms with van der Waals surface area (Å²) < 4.78 is 24.4. The number of nitrogens with zero attached hydrogens (tertiary/aromatic N) is 3. The molecule has 1 amide bonds. The maximum atomic E-state index is 13.6. The summed E-state index contributed by atoms with van der Waals surface area (Å²) in [6.45, 7) is 4.87. The largest absolute Gasteiger partial charge is 0.490 e. The fourth-order valence-corrected chi connectivity index (χ4v) is 5.18. The lowest BCUT2D eigenvalue weighted by Gasteiger charge is -2.42. The minimum absolute atomic E-state index is 0.0562. The number of piperidine rings is 1. The predicted molar refractivity (Wildman–Crippen MR) is 139 cm³/mol. The van der Waals surface area contributed by atoms with Gasteiger partial charge in [0.2, 0.25) is 5.91 Å². The van der Waals surface area contributed by atoms with Gasteiger partial charge in [0.05, 0.1) is 12.1 Å². The van der Waals surface area contributed by atoms with Crippen molar-refractivity contribution < 1.29 is 28.9 Å². The second-order valence-electron chi connectivity index (χ2n) is 10.5. The second-order valence-corrected chi connectivity index (χ2v) is 10.5. The van der Waals surface area contributed by atoms with Gasteiger partial charge in [-0.15, -0.1) is 0 Å². The van der Waals surface area contributed by atoms with E-state index in [4.69, 9.17) is 9.47 Å². The lowest BCUT2D eigenvalue weighted by Crippen LogP contribution is -2.56. The van der Waals surface area contributed by atoms with Crippen molar-refractivity contribution in [2.75, 3.05) is 71.0 Å². The lowest BCUT2D eigenvalue weighted by molar-refractivity contribution is -0.138. The predicted octanol–water partition coefficient (Wildman–Crippen LogP) is 2.07. The van der Waals surface area contributed by atoms with E-state index in [-0.39, 0.29) is 32.2 Å². The second kappa shape index (κ2) is 11.8. The van der Waals surface area contributed by atoms with E-state index in [2.05, 4.69) is 36.1 Å². The number of β-amino-alcohol motifs (C(OH)–C–C–N with tert-alkyl or cyclic N) is 2. The number of ether oxygens (including phenoxy) is 2. The van der Waals surface area contributed by atoms with Gasteiger partial charge in [-0.05, 0) is 44.0 Å². The van der Waals surface area contributed by atoms with E-state index in [1.54, 1.807) is 17.0 Å². The highest BCUT2D eigenvalue weighted by Gasteiger charge is 2.41. The summed E-state index contributed by atoms with van der Waals surface area (Å²) in [5.41, 5.74) is 0.0477. The summed E-state index contributed by atoms with van der Waals surface area (Å²) in [5.74, 6) is -0.345. The number of carbonyl (C=O) groups is 1. The van der Waals surface area contributed by atoms with Crippen LogP contribution in [0.3, 0.4) is 0 Å². The van der Waals surface area contributed by atoms with Crippen molar-refractivity contribution in [2.45, 2.75) is 31.0 Å². The molecular formula is C28H38FN3O5. The zero-order valence-electron chi connectivity index (χ0n) is 21.7. The molecule has 0 saturated carbocycles.